The van der Waals surface area contributed by atoms with Crippen LogP contribution >= 0.6 is 0 Å². The summed E-state index contributed by atoms with van der Waals surface area (Å²) in [6.45, 7) is 4.47. The summed E-state index contributed by atoms with van der Waals surface area (Å²) < 4.78 is 0. The monoisotopic (exact) mass is 464 g/mol. The first-order valence-electron chi connectivity index (χ1n) is 10.9. The van der Waals surface area contributed by atoms with Gasteiger partial charge in [-0.1, -0.05) is 13.0 Å². The van der Waals surface area contributed by atoms with Crippen LogP contribution in [0.3, 0.4) is 0 Å². The second kappa shape index (κ2) is 14.5. The smallest absolute Gasteiger partial charge is 0.333 e. The van der Waals surface area contributed by atoms with Gasteiger partial charge in [-0.05, 0) is 25.3 Å². The van der Waals surface area contributed by atoms with Crippen molar-refractivity contribution >= 4 is 35.5 Å². The van der Waals surface area contributed by atoms with Crippen molar-refractivity contribution in [3.05, 3.63) is 24.4 Å². The Morgan fingerprint density at radius 2 is 1.45 bits per heavy atom. The molecule has 1 saturated heterocycles. The summed E-state index contributed by atoms with van der Waals surface area (Å²) in [6.07, 6.45) is 7.19. The highest BCUT2D eigenvalue weighted by atomic mass is 16.7. The topological polar surface area (TPSA) is 142 Å². The molecule has 0 spiro atoms. The highest BCUT2D eigenvalue weighted by Gasteiger charge is 2.32. The van der Waals surface area contributed by atoms with Crippen LogP contribution in [0.4, 0.5) is 0 Å². The number of hydrogen-bond acceptors (Lipinski definition) is 7. The Bertz CT molecular complexity index is 773. The Balaban J connectivity index is 0.000000331. The molecule has 0 bridgehead atoms. The standard InChI is InChI=1S/C12H18N2O2.C10H14N2O5/c1-10-7-8-12(16)14(10)9-5-3-4-6-11(15)13-2;1-11-7(13)3-2-4-10(16)17-12-8(14)5-6-9(12)15/h7-8H,1,3-6,9H2,2H3,(H,13,15);2-6H2,1H3,(H,11,13). The minimum Gasteiger partial charge on any atom is -0.359 e. The molecule has 1 fully saturated rings. The summed E-state index contributed by atoms with van der Waals surface area (Å²) in [5, 5.41) is 5.50. The van der Waals surface area contributed by atoms with Gasteiger partial charge in [0.05, 0.1) is 0 Å². The molecule has 2 aliphatic heterocycles. The van der Waals surface area contributed by atoms with Crippen LogP contribution in [-0.4, -0.2) is 66.1 Å². The number of hydrogen-bond donors (Lipinski definition) is 2. The third-order valence-electron chi connectivity index (χ3n) is 4.86. The van der Waals surface area contributed by atoms with Crippen LogP contribution in [0, 0.1) is 0 Å². The molecule has 2 rings (SSSR count). The molecule has 0 atom stereocenters. The third-order valence-corrected chi connectivity index (χ3v) is 4.86. The predicted octanol–water partition coefficient (Wildman–Crippen LogP) is 0.715. The fraction of sp³-hybridized carbons (Fsp3) is 0.545. The van der Waals surface area contributed by atoms with E-state index in [0.29, 0.717) is 24.4 Å². The minimum absolute atomic E-state index is 0.00944. The molecule has 182 valence electrons. The number of nitrogens with one attached hydrogen (secondary N) is 2. The zero-order valence-electron chi connectivity index (χ0n) is 19.2. The summed E-state index contributed by atoms with van der Waals surface area (Å²) in [5.74, 6) is -1.78. The molecule has 2 N–H and O–H groups in total. The second-order valence-corrected chi connectivity index (χ2v) is 7.37. The quantitative estimate of drug-likeness (QED) is 0.339. The lowest BCUT2D eigenvalue weighted by Crippen LogP contribution is -2.32. The van der Waals surface area contributed by atoms with Crippen LogP contribution in [0.15, 0.2) is 24.4 Å². The van der Waals surface area contributed by atoms with E-state index in [9.17, 15) is 28.8 Å². The van der Waals surface area contributed by atoms with Gasteiger partial charge < -0.3 is 20.4 Å². The van der Waals surface area contributed by atoms with Gasteiger partial charge in [-0.15, -0.1) is 5.06 Å². The van der Waals surface area contributed by atoms with Crippen LogP contribution in [0.5, 0.6) is 0 Å². The van der Waals surface area contributed by atoms with E-state index in [-0.39, 0.29) is 43.4 Å². The fourth-order valence-electron chi connectivity index (χ4n) is 2.92. The van der Waals surface area contributed by atoms with E-state index >= 15 is 0 Å². The number of rotatable bonds is 11. The fourth-order valence-corrected chi connectivity index (χ4v) is 2.92. The number of nitrogens with zero attached hydrogens (tertiary/aromatic N) is 2. The molecule has 2 aliphatic rings. The van der Waals surface area contributed by atoms with Crippen molar-refractivity contribution in [3.63, 3.8) is 0 Å². The molecule has 0 saturated carbocycles. The Morgan fingerprint density at radius 1 is 0.879 bits per heavy atom. The molecule has 11 nitrogen and oxygen atoms in total. The maximum Gasteiger partial charge on any atom is 0.333 e. The molecule has 0 unspecified atom stereocenters. The molecule has 5 amide bonds. The first kappa shape index (κ1) is 27.5. The molecule has 0 radical (unpaired) electrons. The van der Waals surface area contributed by atoms with E-state index in [1.165, 1.54) is 13.1 Å². The Morgan fingerprint density at radius 3 is 1.97 bits per heavy atom. The van der Waals surface area contributed by atoms with E-state index in [1.54, 1.807) is 18.0 Å². The van der Waals surface area contributed by atoms with Gasteiger partial charge in [0, 0.05) is 64.5 Å². The van der Waals surface area contributed by atoms with Crippen LogP contribution < -0.4 is 10.6 Å². The van der Waals surface area contributed by atoms with Crippen molar-refractivity contribution in [2.75, 3.05) is 20.6 Å². The van der Waals surface area contributed by atoms with E-state index in [2.05, 4.69) is 22.1 Å². The van der Waals surface area contributed by atoms with Gasteiger partial charge in [0.2, 0.25) is 11.8 Å². The first-order valence-corrected chi connectivity index (χ1v) is 10.9. The molecule has 11 heteroatoms. The molecule has 33 heavy (non-hydrogen) atoms. The zero-order chi connectivity index (χ0) is 24.8. The Kier molecular flexibility index (Phi) is 12.1. The Hall–Kier alpha value is -3.50. The largest absolute Gasteiger partial charge is 0.359 e. The maximum atomic E-state index is 11.3. The van der Waals surface area contributed by atoms with Crippen LogP contribution in [0.1, 0.15) is 57.8 Å². The second-order valence-electron chi connectivity index (χ2n) is 7.37. The van der Waals surface area contributed by atoms with E-state index in [0.717, 1.165) is 25.0 Å². The summed E-state index contributed by atoms with van der Waals surface area (Å²) in [6, 6.07) is 0. The number of allylic oxidation sites excluding steroid dienone is 1. The van der Waals surface area contributed by atoms with Crippen molar-refractivity contribution in [1.29, 1.82) is 0 Å². The van der Waals surface area contributed by atoms with Crippen molar-refractivity contribution in [1.82, 2.24) is 20.6 Å². The molecule has 0 aromatic carbocycles. The summed E-state index contributed by atoms with van der Waals surface area (Å²) in [5.41, 5.74) is 0.760. The van der Waals surface area contributed by atoms with Crippen LogP contribution in [0.25, 0.3) is 0 Å². The van der Waals surface area contributed by atoms with E-state index in [1.807, 2.05) is 0 Å². The lowest BCUT2D eigenvalue weighted by molar-refractivity contribution is -0.197. The lowest BCUT2D eigenvalue weighted by Gasteiger charge is -2.16. The number of carbonyl (C=O) groups excluding carboxylic acids is 6. The van der Waals surface area contributed by atoms with Crippen LogP contribution in [-0.2, 0) is 33.6 Å². The number of imide groups is 1. The van der Waals surface area contributed by atoms with Gasteiger partial charge in [-0.3, -0.25) is 24.0 Å². The molecule has 0 aliphatic carbocycles. The average Bonchev–Trinajstić information content (AvgIpc) is 3.28. The van der Waals surface area contributed by atoms with Gasteiger partial charge in [0.25, 0.3) is 17.7 Å². The van der Waals surface area contributed by atoms with E-state index < -0.39 is 17.8 Å². The van der Waals surface area contributed by atoms with Crippen molar-refractivity contribution in [2.45, 2.75) is 57.8 Å². The van der Waals surface area contributed by atoms with Crippen molar-refractivity contribution in [2.24, 2.45) is 0 Å². The van der Waals surface area contributed by atoms with Crippen molar-refractivity contribution in [3.8, 4) is 0 Å². The maximum absolute atomic E-state index is 11.3. The molecule has 0 aromatic heterocycles. The van der Waals surface area contributed by atoms with Gasteiger partial charge in [0.1, 0.15) is 0 Å². The normalized spacial score (nSPS) is 14.8. The lowest BCUT2D eigenvalue weighted by atomic mass is 10.2. The summed E-state index contributed by atoms with van der Waals surface area (Å²) in [4.78, 5) is 72.9. The number of hydroxylamine groups is 2. The number of carbonyl (C=O) groups is 6. The van der Waals surface area contributed by atoms with E-state index in [4.69, 9.17) is 0 Å². The molecular formula is C22H32N4O7. The highest BCUT2D eigenvalue weighted by Crippen LogP contribution is 2.14. The third kappa shape index (κ3) is 10.1. The van der Waals surface area contributed by atoms with Gasteiger partial charge >= 0.3 is 5.97 Å². The number of unbranched alkanes of at least 4 members (excludes halogenated alkanes) is 2. The predicted molar refractivity (Wildman–Crippen MR) is 118 cm³/mol. The molecular weight excluding hydrogens is 432 g/mol. The SMILES string of the molecule is C=C1C=CC(=O)N1CCCCCC(=O)NC.CNC(=O)CCCC(=O)ON1C(=O)CCC1=O. The Labute approximate surface area is 193 Å². The first-order chi connectivity index (χ1) is 15.7. The van der Waals surface area contributed by atoms with Crippen molar-refractivity contribution < 1.29 is 33.6 Å². The highest BCUT2D eigenvalue weighted by molar-refractivity contribution is 6.01. The van der Waals surface area contributed by atoms with Gasteiger partial charge in [-0.25, -0.2) is 4.79 Å². The van der Waals surface area contributed by atoms with Crippen LogP contribution in [0.2, 0.25) is 0 Å². The molecule has 0 aromatic rings. The minimum atomic E-state index is -0.683. The van der Waals surface area contributed by atoms with Gasteiger partial charge in [0.15, 0.2) is 0 Å². The molecule has 2 heterocycles. The average molecular weight is 465 g/mol. The summed E-state index contributed by atoms with van der Waals surface area (Å²) in [7, 11) is 3.14. The zero-order valence-corrected chi connectivity index (χ0v) is 19.2. The number of amides is 5. The summed E-state index contributed by atoms with van der Waals surface area (Å²) >= 11 is 0. The van der Waals surface area contributed by atoms with Gasteiger partial charge in [-0.2, -0.15) is 0 Å².